The smallest absolute Gasteiger partial charge is 0.336 e. The molecule has 1 rings (SSSR count). The van der Waals surface area contributed by atoms with Crippen LogP contribution in [-0.4, -0.2) is 22.3 Å². The normalized spacial score (nSPS) is 13.0. The molecule has 0 fully saturated rings. The van der Waals surface area contributed by atoms with Crippen molar-refractivity contribution in [3.05, 3.63) is 40.9 Å². The van der Waals surface area contributed by atoms with Gasteiger partial charge in [-0.05, 0) is 17.7 Å². The van der Waals surface area contributed by atoms with Crippen LogP contribution in [0.15, 0.2) is 30.3 Å². The molecule has 0 aromatic heterocycles. The molecule has 0 saturated heterocycles. The van der Waals surface area contributed by atoms with Gasteiger partial charge in [0.15, 0.2) is 6.10 Å². The average molecular weight is 213 g/mol. The Kier molecular flexibility index (Phi) is 3.68. The molecule has 0 amide bonds. The van der Waals surface area contributed by atoms with E-state index in [4.69, 9.17) is 21.8 Å². The first kappa shape index (κ1) is 10.8. The number of hydrogen-bond donors (Lipinski definition) is 2. The molecule has 2 N–H and O–H groups in total. The molecule has 0 bridgehead atoms. The first-order valence-corrected chi connectivity index (χ1v) is 4.32. The van der Waals surface area contributed by atoms with Crippen LogP contribution in [0.4, 0.5) is 0 Å². The van der Waals surface area contributed by atoms with Crippen LogP contribution >= 0.6 is 11.6 Å². The zero-order valence-electron chi connectivity index (χ0n) is 7.22. The molecule has 0 saturated carbocycles. The Hall–Kier alpha value is -1.32. The zero-order chi connectivity index (χ0) is 10.6. The van der Waals surface area contributed by atoms with Crippen LogP contribution < -0.4 is 0 Å². The van der Waals surface area contributed by atoms with E-state index >= 15 is 0 Å². The number of rotatable bonds is 3. The first-order valence-electron chi connectivity index (χ1n) is 3.95. The number of halogens is 1. The van der Waals surface area contributed by atoms with Gasteiger partial charge >= 0.3 is 5.97 Å². The average Bonchev–Trinajstić information content (AvgIpc) is 2.16. The molecule has 0 radical (unpaired) electrons. The van der Waals surface area contributed by atoms with E-state index in [0.29, 0.717) is 10.6 Å². The van der Waals surface area contributed by atoms with Gasteiger partial charge in [0.25, 0.3) is 0 Å². The lowest BCUT2D eigenvalue weighted by molar-refractivity contribution is -0.143. The Morgan fingerprint density at radius 2 is 2.07 bits per heavy atom. The third-order valence-electron chi connectivity index (χ3n) is 1.62. The quantitative estimate of drug-likeness (QED) is 0.803. The summed E-state index contributed by atoms with van der Waals surface area (Å²) in [5.74, 6) is -1.28. The lowest BCUT2D eigenvalue weighted by Gasteiger charge is -1.99. The molecule has 1 aromatic rings. The number of aliphatic carboxylic acids is 1. The van der Waals surface area contributed by atoms with Crippen molar-refractivity contribution in [1.29, 1.82) is 0 Å². The number of aliphatic hydroxyl groups is 1. The molecule has 0 aliphatic heterocycles. The largest absolute Gasteiger partial charge is 0.479 e. The monoisotopic (exact) mass is 212 g/mol. The number of carbonyl (C=O) groups is 1. The molecule has 14 heavy (non-hydrogen) atoms. The molecule has 4 heteroatoms. The van der Waals surface area contributed by atoms with Crippen LogP contribution in [0.1, 0.15) is 5.56 Å². The third-order valence-corrected chi connectivity index (χ3v) is 1.96. The van der Waals surface area contributed by atoms with Gasteiger partial charge in [-0.25, -0.2) is 4.79 Å². The number of hydrogen-bond acceptors (Lipinski definition) is 2. The molecule has 0 spiro atoms. The standard InChI is InChI=1S/C10H9ClO3/c11-8-4-2-1-3-7(8)5-6-9(12)10(13)14/h1-6,9,12H,(H,13,14)/b6-5+. The third kappa shape index (κ3) is 2.87. The molecule has 0 heterocycles. The molecule has 0 aliphatic carbocycles. The van der Waals surface area contributed by atoms with Crippen LogP contribution in [0.5, 0.6) is 0 Å². The second-order valence-corrected chi connectivity index (χ2v) is 3.07. The Labute approximate surface area is 86.3 Å². The van der Waals surface area contributed by atoms with Gasteiger partial charge < -0.3 is 10.2 Å². The lowest BCUT2D eigenvalue weighted by Crippen LogP contribution is -2.15. The van der Waals surface area contributed by atoms with Crippen molar-refractivity contribution in [2.75, 3.05) is 0 Å². The van der Waals surface area contributed by atoms with Crippen LogP contribution in [-0.2, 0) is 4.79 Å². The summed E-state index contributed by atoms with van der Waals surface area (Å²) in [5, 5.41) is 17.9. The second-order valence-electron chi connectivity index (χ2n) is 2.66. The van der Waals surface area contributed by atoms with Crippen LogP contribution in [0.25, 0.3) is 6.08 Å². The molecular formula is C10H9ClO3. The van der Waals surface area contributed by atoms with Crippen molar-refractivity contribution in [3.8, 4) is 0 Å². The zero-order valence-corrected chi connectivity index (χ0v) is 7.98. The highest BCUT2D eigenvalue weighted by Gasteiger charge is 2.07. The molecule has 1 atom stereocenters. The Balaban J connectivity index is 2.78. The van der Waals surface area contributed by atoms with Gasteiger partial charge in [-0.2, -0.15) is 0 Å². The fourth-order valence-corrected chi connectivity index (χ4v) is 1.09. The summed E-state index contributed by atoms with van der Waals surface area (Å²) in [7, 11) is 0. The van der Waals surface area contributed by atoms with E-state index in [1.54, 1.807) is 24.3 Å². The molecule has 0 aliphatic rings. The second kappa shape index (κ2) is 4.79. The molecule has 1 aromatic carbocycles. The summed E-state index contributed by atoms with van der Waals surface area (Å²) in [5.41, 5.74) is 0.675. The van der Waals surface area contributed by atoms with E-state index in [1.165, 1.54) is 12.2 Å². The van der Waals surface area contributed by atoms with Gasteiger partial charge in [-0.1, -0.05) is 35.9 Å². The number of benzene rings is 1. The minimum Gasteiger partial charge on any atom is -0.479 e. The number of aliphatic hydroxyl groups excluding tert-OH is 1. The van der Waals surface area contributed by atoms with Crippen LogP contribution in [0, 0.1) is 0 Å². The maximum atomic E-state index is 10.3. The van der Waals surface area contributed by atoms with E-state index < -0.39 is 12.1 Å². The molecule has 3 nitrogen and oxygen atoms in total. The minimum absolute atomic E-state index is 0.515. The highest BCUT2D eigenvalue weighted by atomic mass is 35.5. The predicted molar refractivity (Wildman–Crippen MR) is 54.1 cm³/mol. The topological polar surface area (TPSA) is 57.5 Å². The summed E-state index contributed by atoms with van der Waals surface area (Å²) in [4.78, 5) is 10.3. The SMILES string of the molecule is O=C(O)C(O)/C=C/c1ccccc1Cl. The van der Waals surface area contributed by atoms with Crippen molar-refractivity contribution >= 4 is 23.6 Å². The van der Waals surface area contributed by atoms with E-state index in [9.17, 15) is 4.79 Å². The Bertz CT molecular complexity index is 360. The van der Waals surface area contributed by atoms with E-state index in [2.05, 4.69) is 0 Å². The molecule has 74 valence electrons. The van der Waals surface area contributed by atoms with Crippen molar-refractivity contribution in [2.24, 2.45) is 0 Å². The Morgan fingerprint density at radius 3 is 2.64 bits per heavy atom. The van der Waals surface area contributed by atoms with E-state index in [0.717, 1.165) is 0 Å². The maximum Gasteiger partial charge on any atom is 0.336 e. The van der Waals surface area contributed by atoms with Crippen molar-refractivity contribution < 1.29 is 15.0 Å². The highest BCUT2D eigenvalue weighted by molar-refractivity contribution is 6.32. The van der Waals surface area contributed by atoms with Gasteiger partial charge in [0.1, 0.15) is 0 Å². The van der Waals surface area contributed by atoms with Gasteiger partial charge in [-0.3, -0.25) is 0 Å². The van der Waals surface area contributed by atoms with E-state index in [-0.39, 0.29) is 0 Å². The lowest BCUT2D eigenvalue weighted by atomic mass is 10.2. The first-order chi connectivity index (χ1) is 6.61. The maximum absolute atomic E-state index is 10.3. The summed E-state index contributed by atoms with van der Waals surface area (Å²) < 4.78 is 0. The van der Waals surface area contributed by atoms with E-state index in [1.807, 2.05) is 0 Å². The van der Waals surface area contributed by atoms with Crippen molar-refractivity contribution in [1.82, 2.24) is 0 Å². The fraction of sp³-hybridized carbons (Fsp3) is 0.100. The summed E-state index contributed by atoms with van der Waals surface area (Å²) in [6, 6.07) is 6.97. The summed E-state index contributed by atoms with van der Waals surface area (Å²) in [6.07, 6.45) is 1.15. The fourth-order valence-electron chi connectivity index (χ4n) is 0.887. The predicted octanol–water partition coefficient (Wildman–Crippen LogP) is 1.80. The highest BCUT2D eigenvalue weighted by Crippen LogP contribution is 2.16. The summed E-state index contributed by atoms with van der Waals surface area (Å²) in [6.45, 7) is 0. The van der Waals surface area contributed by atoms with Gasteiger partial charge in [-0.15, -0.1) is 0 Å². The van der Waals surface area contributed by atoms with Crippen molar-refractivity contribution in [2.45, 2.75) is 6.10 Å². The van der Waals surface area contributed by atoms with Crippen molar-refractivity contribution in [3.63, 3.8) is 0 Å². The van der Waals surface area contributed by atoms with Crippen LogP contribution in [0.3, 0.4) is 0 Å². The van der Waals surface area contributed by atoms with Gasteiger partial charge in [0.2, 0.25) is 0 Å². The molecular weight excluding hydrogens is 204 g/mol. The number of carboxylic acid groups (broad SMARTS) is 1. The Morgan fingerprint density at radius 1 is 1.43 bits per heavy atom. The van der Waals surface area contributed by atoms with Crippen LogP contribution in [0.2, 0.25) is 5.02 Å². The van der Waals surface area contributed by atoms with Gasteiger partial charge in [0.05, 0.1) is 0 Å². The summed E-state index contributed by atoms with van der Waals surface area (Å²) >= 11 is 5.81. The minimum atomic E-state index is -1.49. The molecule has 1 unspecified atom stereocenters. The number of carboxylic acids is 1. The van der Waals surface area contributed by atoms with Gasteiger partial charge in [0, 0.05) is 5.02 Å².